The van der Waals surface area contributed by atoms with Gasteiger partial charge < -0.3 is 37.2 Å². The Kier molecular flexibility index (Phi) is 40.5. The van der Waals surface area contributed by atoms with Gasteiger partial charge in [-0.3, -0.25) is 8.19 Å². The van der Waals surface area contributed by atoms with Gasteiger partial charge in [0.05, 0.1) is 0 Å². The fourth-order valence-corrected chi connectivity index (χ4v) is 0.722. The standard InChI is InChI=1S/C4H4P.3ClH.Zr/c1-2-4-5-3-1;;;;/h1-3,5H;3*1H;/q-1;;;;+4/p-3. The summed E-state index contributed by atoms with van der Waals surface area (Å²) in [5.74, 6) is 5.11. The van der Waals surface area contributed by atoms with Crippen LogP contribution < -0.4 is 37.2 Å². The molecular weight excluding hydrogens is 277 g/mol. The molecule has 1 atom stereocenters. The first-order valence-corrected chi connectivity index (χ1v) is 2.57. The van der Waals surface area contributed by atoms with E-state index >= 15 is 0 Å². The van der Waals surface area contributed by atoms with E-state index in [0.29, 0.717) is 0 Å². The first-order chi connectivity index (χ1) is 2.50. The zero-order valence-electron chi connectivity index (χ0n) is 4.37. The van der Waals surface area contributed by atoms with Crippen LogP contribution in [0.15, 0.2) is 17.9 Å². The molecular formula is C4H4Cl3PZr. The van der Waals surface area contributed by atoms with Gasteiger partial charge >= 0.3 is 26.2 Å². The van der Waals surface area contributed by atoms with E-state index in [0.717, 1.165) is 8.19 Å². The van der Waals surface area contributed by atoms with Gasteiger partial charge in [-0.25, -0.2) is 6.07 Å². The quantitative estimate of drug-likeness (QED) is 0.414. The van der Waals surface area contributed by atoms with E-state index in [-0.39, 0.29) is 63.4 Å². The maximum atomic E-state index is 3.01. The van der Waals surface area contributed by atoms with Crippen molar-refractivity contribution in [3.05, 3.63) is 23.7 Å². The molecule has 0 aromatic carbocycles. The maximum Gasteiger partial charge on any atom is 4.00 e. The molecule has 1 rings (SSSR count). The molecule has 0 nitrogen and oxygen atoms in total. The Hall–Kier alpha value is 1.53. The summed E-state index contributed by atoms with van der Waals surface area (Å²) < 4.78 is 0. The molecule has 0 saturated carbocycles. The third-order valence-electron chi connectivity index (χ3n) is 0.442. The molecule has 1 unspecified atom stereocenters. The van der Waals surface area contributed by atoms with Crippen LogP contribution in [-0.2, 0) is 26.2 Å². The molecule has 0 fully saturated rings. The molecule has 0 radical (unpaired) electrons. The SMILES string of the molecule is [Cl-].[Cl-].[Cl-].[Zr+4].[c-]1ccc[pH]1. The number of hydrogen-bond donors (Lipinski definition) is 0. The Balaban J connectivity index is -0.0000000312. The van der Waals surface area contributed by atoms with E-state index in [9.17, 15) is 0 Å². The maximum absolute atomic E-state index is 3.01. The largest absolute Gasteiger partial charge is 4.00 e. The van der Waals surface area contributed by atoms with Crippen molar-refractivity contribution in [2.45, 2.75) is 0 Å². The van der Waals surface area contributed by atoms with Crippen LogP contribution >= 0.6 is 8.19 Å². The molecule has 0 spiro atoms. The second-order valence-corrected chi connectivity index (χ2v) is 1.73. The van der Waals surface area contributed by atoms with Crippen LogP contribution in [-0.4, -0.2) is 0 Å². The fraction of sp³-hybridized carbons (Fsp3) is 0. The predicted octanol–water partition coefficient (Wildman–Crippen LogP) is -7.47. The van der Waals surface area contributed by atoms with E-state index in [2.05, 4.69) is 11.6 Å². The summed E-state index contributed by atoms with van der Waals surface area (Å²) >= 11 is 0. The van der Waals surface area contributed by atoms with Crippen molar-refractivity contribution in [1.82, 2.24) is 0 Å². The van der Waals surface area contributed by atoms with Crippen LogP contribution in [0.5, 0.6) is 0 Å². The van der Waals surface area contributed by atoms with Crippen molar-refractivity contribution in [2.24, 2.45) is 0 Å². The van der Waals surface area contributed by atoms with Crippen LogP contribution in [0.25, 0.3) is 0 Å². The van der Waals surface area contributed by atoms with Gasteiger partial charge in [0.25, 0.3) is 0 Å². The molecule has 9 heavy (non-hydrogen) atoms. The number of halogens is 3. The fourth-order valence-electron chi connectivity index (χ4n) is 0.241. The van der Waals surface area contributed by atoms with Crippen LogP contribution in [0.2, 0.25) is 0 Å². The minimum Gasteiger partial charge on any atom is -1.00 e. The normalized spacial score (nSPS) is 5.33. The molecule has 0 aliphatic carbocycles. The molecule has 0 bridgehead atoms. The number of hydrogen-bond acceptors (Lipinski definition) is 0. The molecule has 50 valence electrons. The Morgan fingerprint density at radius 2 is 1.67 bits per heavy atom. The van der Waals surface area contributed by atoms with Gasteiger partial charge in [-0.1, -0.05) is 0 Å². The first kappa shape index (κ1) is 22.4. The number of rotatable bonds is 0. The zero-order valence-corrected chi connectivity index (χ0v) is 10.1. The topological polar surface area (TPSA) is 0 Å². The third-order valence-corrected chi connectivity index (χ3v) is 1.13. The summed E-state index contributed by atoms with van der Waals surface area (Å²) in [7, 11) is 0.823. The van der Waals surface area contributed by atoms with Crippen molar-refractivity contribution in [1.29, 1.82) is 0 Å². The summed E-state index contributed by atoms with van der Waals surface area (Å²) in [6, 6.07) is 3.96. The molecule has 0 aliphatic heterocycles. The summed E-state index contributed by atoms with van der Waals surface area (Å²) in [5.41, 5.74) is 0. The van der Waals surface area contributed by atoms with Crippen LogP contribution in [0, 0.1) is 5.80 Å². The van der Waals surface area contributed by atoms with E-state index in [4.69, 9.17) is 0 Å². The van der Waals surface area contributed by atoms with E-state index < -0.39 is 0 Å². The second kappa shape index (κ2) is 16.3. The Morgan fingerprint density at radius 3 is 1.78 bits per heavy atom. The van der Waals surface area contributed by atoms with E-state index in [1.807, 2.05) is 12.1 Å². The van der Waals surface area contributed by atoms with Gasteiger partial charge in [-0.05, 0) is 0 Å². The summed E-state index contributed by atoms with van der Waals surface area (Å²) in [4.78, 5) is 0. The van der Waals surface area contributed by atoms with Gasteiger partial charge in [0.1, 0.15) is 0 Å². The molecule has 1 aromatic heterocycles. The van der Waals surface area contributed by atoms with Crippen molar-refractivity contribution >= 4 is 8.19 Å². The smallest absolute Gasteiger partial charge is 1.00 e. The van der Waals surface area contributed by atoms with Crippen molar-refractivity contribution in [3.63, 3.8) is 0 Å². The summed E-state index contributed by atoms with van der Waals surface area (Å²) in [6.07, 6.45) is 0. The minimum atomic E-state index is 0. The minimum absolute atomic E-state index is 0. The monoisotopic (exact) mass is 278 g/mol. The van der Waals surface area contributed by atoms with Gasteiger partial charge in [-0.2, -0.15) is 17.7 Å². The van der Waals surface area contributed by atoms with Gasteiger partial charge in [0.2, 0.25) is 0 Å². The van der Waals surface area contributed by atoms with Gasteiger partial charge in [-0.15, -0.1) is 0 Å². The van der Waals surface area contributed by atoms with Crippen LogP contribution in [0.4, 0.5) is 0 Å². The summed E-state index contributed by atoms with van der Waals surface area (Å²) in [5, 5.41) is 0. The predicted molar refractivity (Wildman–Crippen MR) is 24.8 cm³/mol. The molecule has 0 aliphatic rings. The van der Waals surface area contributed by atoms with Crippen molar-refractivity contribution < 1.29 is 63.4 Å². The first-order valence-electron chi connectivity index (χ1n) is 1.49. The molecule has 5 heteroatoms. The molecule has 0 saturated heterocycles. The van der Waals surface area contributed by atoms with Gasteiger partial charge in [0.15, 0.2) is 0 Å². The molecule has 0 amide bonds. The second-order valence-electron chi connectivity index (χ2n) is 0.814. The van der Waals surface area contributed by atoms with E-state index in [1.165, 1.54) is 0 Å². The Bertz CT molecular complexity index is 72.3. The van der Waals surface area contributed by atoms with E-state index in [1.54, 1.807) is 0 Å². The Labute approximate surface area is 94.6 Å². The van der Waals surface area contributed by atoms with Crippen LogP contribution in [0.3, 0.4) is 0 Å². The molecule has 1 aromatic rings. The molecule has 1 heterocycles. The summed E-state index contributed by atoms with van der Waals surface area (Å²) in [6.45, 7) is 0. The average molecular weight is 281 g/mol. The molecule has 0 N–H and O–H groups in total. The third kappa shape index (κ3) is 12.7. The zero-order chi connectivity index (χ0) is 3.54. The van der Waals surface area contributed by atoms with Crippen molar-refractivity contribution in [3.8, 4) is 0 Å². The average Bonchev–Trinajstić information content (AvgIpc) is 1.76. The van der Waals surface area contributed by atoms with Crippen molar-refractivity contribution in [2.75, 3.05) is 0 Å². The van der Waals surface area contributed by atoms with Gasteiger partial charge in [0, 0.05) is 0 Å². The van der Waals surface area contributed by atoms with Crippen LogP contribution in [0.1, 0.15) is 0 Å². The Morgan fingerprint density at radius 1 is 1.11 bits per heavy atom.